The minimum absolute atomic E-state index is 0.0728. The van der Waals surface area contributed by atoms with Gasteiger partial charge in [-0.05, 0) is 30.7 Å². The standard InChI is InChI=1S/C16H21N3O5S/c1-3-14(20)10-17-16(21)12-4-6-15(7-5-12)25(22,23)19(2)11-13-8-9-24-18-13/h4-9,14,20H,3,10-11H2,1-2H3,(H,17,21)/t14-/m0/s1. The first kappa shape index (κ1) is 19.1. The fourth-order valence-electron chi connectivity index (χ4n) is 2.05. The summed E-state index contributed by atoms with van der Waals surface area (Å²) in [5.41, 5.74) is 0.818. The number of aliphatic hydroxyl groups excluding tert-OH is 1. The molecule has 8 nitrogen and oxygen atoms in total. The summed E-state index contributed by atoms with van der Waals surface area (Å²) >= 11 is 0. The normalized spacial score (nSPS) is 13.0. The predicted molar refractivity (Wildman–Crippen MR) is 90.2 cm³/mol. The van der Waals surface area contributed by atoms with Gasteiger partial charge in [-0.3, -0.25) is 4.79 Å². The zero-order chi connectivity index (χ0) is 18.4. The molecule has 1 atom stereocenters. The molecule has 0 saturated carbocycles. The fourth-order valence-corrected chi connectivity index (χ4v) is 3.19. The topological polar surface area (TPSA) is 113 Å². The number of aliphatic hydroxyl groups is 1. The zero-order valence-electron chi connectivity index (χ0n) is 14.0. The smallest absolute Gasteiger partial charge is 0.251 e. The van der Waals surface area contributed by atoms with Crippen LogP contribution in [0.5, 0.6) is 0 Å². The zero-order valence-corrected chi connectivity index (χ0v) is 14.9. The van der Waals surface area contributed by atoms with Gasteiger partial charge in [-0.25, -0.2) is 8.42 Å². The average molecular weight is 367 g/mol. The van der Waals surface area contributed by atoms with Crippen LogP contribution >= 0.6 is 0 Å². The van der Waals surface area contributed by atoms with Gasteiger partial charge in [0.1, 0.15) is 6.26 Å². The van der Waals surface area contributed by atoms with Gasteiger partial charge < -0.3 is 14.9 Å². The van der Waals surface area contributed by atoms with Gasteiger partial charge in [-0.1, -0.05) is 12.1 Å². The number of nitrogens with one attached hydrogen (secondary N) is 1. The molecule has 0 aliphatic rings. The summed E-state index contributed by atoms with van der Waals surface area (Å²) in [6, 6.07) is 7.21. The molecule has 9 heteroatoms. The summed E-state index contributed by atoms with van der Waals surface area (Å²) in [5, 5.41) is 15.7. The molecule has 0 bridgehead atoms. The number of carbonyl (C=O) groups is 1. The molecule has 0 fully saturated rings. The molecule has 1 aromatic heterocycles. The molecule has 0 spiro atoms. The maximum absolute atomic E-state index is 12.5. The van der Waals surface area contributed by atoms with Crippen molar-refractivity contribution in [3.63, 3.8) is 0 Å². The van der Waals surface area contributed by atoms with Crippen LogP contribution in [0, 0.1) is 0 Å². The Hall–Kier alpha value is -2.23. The number of benzene rings is 1. The number of nitrogens with zero attached hydrogens (tertiary/aromatic N) is 2. The molecule has 0 aliphatic heterocycles. The third kappa shape index (κ3) is 4.88. The van der Waals surface area contributed by atoms with Gasteiger partial charge in [0.05, 0.1) is 23.2 Å². The van der Waals surface area contributed by atoms with Crippen molar-refractivity contribution >= 4 is 15.9 Å². The Morgan fingerprint density at radius 1 is 1.32 bits per heavy atom. The van der Waals surface area contributed by atoms with Gasteiger partial charge in [0.2, 0.25) is 10.0 Å². The highest BCUT2D eigenvalue weighted by Crippen LogP contribution is 2.17. The first-order valence-corrected chi connectivity index (χ1v) is 9.20. The van der Waals surface area contributed by atoms with Crippen LogP contribution in [0.15, 0.2) is 46.0 Å². The third-order valence-corrected chi connectivity index (χ3v) is 5.49. The van der Waals surface area contributed by atoms with Crippen LogP contribution in [0.2, 0.25) is 0 Å². The number of carbonyl (C=O) groups excluding carboxylic acids is 1. The molecule has 136 valence electrons. The van der Waals surface area contributed by atoms with E-state index in [-0.39, 0.29) is 23.9 Å². The van der Waals surface area contributed by atoms with E-state index in [9.17, 15) is 18.3 Å². The molecule has 25 heavy (non-hydrogen) atoms. The van der Waals surface area contributed by atoms with E-state index in [0.717, 1.165) is 4.31 Å². The molecular formula is C16H21N3O5S. The highest BCUT2D eigenvalue weighted by Gasteiger charge is 2.22. The number of rotatable bonds is 8. The molecule has 2 aromatic rings. The molecule has 0 radical (unpaired) electrons. The lowest BCUT2D eigenvalue weighted by atomic mass is 10.2. The van der Waals surface area contributed by atoms with Crippen LogP contribution in [-0.4, -0.2) is 48.6 Å². The fraction of sp³-hybridized carbons (Fsp3) is 0.375. The molecule has 0 saturated heterocycles. The lowest BCUT2D eigenvalue weighted by molar-refractivity contribution is 0.0914. The molecule has 0 unspecified atom stereocenters. The van der Waals surface area contributed by atoms with Crippen LogP contribution in [0.4, 0.5) is 0 Å². The number of sulfonamides is 1. The highest BCUT2D eigenvalue weighted by atomic mass is 32.2. The summed E-state index contributed by atoms with van der Waals surface area (Å²) in [7, 11) is -2.27. The quantitative estimate of drug-likeness (QED) is 0.720. The molecule has 0 aliphatic carbocycles. The summed E-state index contributed by atoms with van der Waals surface area (Å²) in [6.45, 7) is 2.04. The van der Waals surface area contributed by atoms with E-state index in [1.807, 2.05) is 6.92 Å². The summed E-state index contributed by atoms with van der Waals surface area (Å²) < 4.78 is 30.9. The van der Waals surface area contributed by atoms with Gasteiger partial charge in [0.15, 0.2) is 0 Å². The lowest BCUT2D eigenvalue weighted by Crippen LogP contribution is -2.31. The van der Waals surface area contributed by atoms with Crippen LogP contribution < -0.4 is 5.32 Å². The molecular weight excluding hydrogens is 346 g/mol. The van der Waals surface area contributed by atoms with Crippen molar-refractivity contribution in [1.29, 1.82) is 0 Å². The maximum Gasteiger partial charge on any atom is 0.251 e. The van der Waals surface area contributed by atoms with E-state index in [2.05, 4.69) is 15.0 Å². The summed E-state index contributed by atoms with van der Waals surface area (Å²) in [5.74, 6) is -0.368. The molecule has 2 rings (SSSR count). The Labute approximate surface area is 146 Å². The minimum atomic E-state index is -3.71. The van der Waals surface area contributed by atoms with Crippen molar-refractivity contribution in [2.75, 3.05) is 13.6 Å². The second-order valence-corrected chi connectivity index (χ2v) is 7.59. The van der Waals surface area contributed by atoms with Crippen molar-refractivity contribution in [3.05, 3.63) is 47.9 Å². The van der Waals surface area contributed by atoms with E-state index in [1.165, 1.54) is 37.6 Å². The monoisotopic (exact) mass is 367 g/mol. The first-order chi connectivity index (χ1) is 11.8. The Morgan fingerprint density at radius 3 is 2.56 bits per heavy atom. The van der Waals surface area contributed by atoms with Crippen LogP contribution in [0.1, 0.15) is 29.4 Å². The van der Waals surface area contributed by atoms with E-state index in [0.29, 0.717) is 17.7 Å². The first-order valence-electron chi connectivity index (χ1n) is 7.76. The Morgan fingerprint density at radius 2 is 2.00 bits per heavy atom. The van der Waals surface area contributed by atoms with Crippen molar-refractivity contribution < 1.29 is 22.8 Å². The second-order valence-electron chi connectivity index (χ2n) is 5.55. The molecule has 1 aromatic carbocycles. The molecule has 1 heterocycles. The number of amides is 1. The summed E-state index contributed by atoms with van der Waals surface area (Å²) in [6.07, 6.45) is 1.31. The lowest BCUT2D eigenvalue weighted by Gasteiger charge is -2.16. The van der Waals surface area contributed by atoms with Crippen LogP contribution in [0.25, 0.3) is 0 Å². The molecule has 2 N–H and O–H groups in total. The van der Waals surface area contributed by atoms with E-state index < -0.39 is 16.1 Å². The number of hydrogen-bond acceptors (Lipinski definition) is 6. The largest absolute Gasteiger partial charge is 0.391 e. The van der Waals surface area contributed by atoms with Crippen molar-refractivity contribution in [1.82, 2.24) is 14.8 Å². The van der Waals surface area contributed by atoms with Gasteiger partial charge in [0.25, 0.3) is 5.91 Å². The van der Waals surface area contributed by atoms with E-state index in [1.54, 1.807) is 6.07 Å². The number of hydrogen-bond donors (Lipinski definition) is 2. The van der Waals surface area contributed by atoms with Crippen molar-refractivity contribution in [3.8, 4) is 0 Å². The predicted octanol–water partition coefficient (Wildman–Crippen LogP) is 0.996. The van der Waals surface area contributed by atoms with Gasteiger partial charge in [-0.2, -0.15) is 4.31 Å². The Bertz CT molecular complexity index is 788. The second kappa shape index (κ2) is 8.24. The van der Waals surface area contributed by atoms with Crippen molar-refractivity contribution in [2.45, 2.75) is 30.9 Å². The van der Waals surface area contributed by atoms with Crippen LogP contribution in [-0.2, 0) is 16.6 Å². The number of aromatic nitrogens is 1. The van der Waals surface area contributed by atoms with E-state index >= 15 is 0 Å². The van der Waals surface area contributed by atoms with Gasteiger partial charge >= 0.3 is 0 Å². The highest BCUT2D eigenvalue weighted by molar-refractivity contribution is 7.89. The third-order valence-electron chi connectivity index (χ3n) is 3.67. The van der Waals surface area contributed by atoms with Gasteiger partial charge in [-0.15, -0.1) is 0 Å². The maximum atomic E-state index is 12.5. The average Bonchev–Trinajstić information content (AvgIpc) is 3.12. The molecule has 1 amide bonds. The Kier molecular flexibility index (Phi) is 6.29. The Balaban J connectivity index is 2.06. The van der Waals surface area contributed by atoms with Crippen LogP contribution in [0.3, 0.4) is 0 Å². The minimum Gasteiger partial charge on any atom is -0.391 e. The van der Waals surface area contributed by atoms with E-state index in [4.69, 9.17) is 0 Å². The SMILES string of the molecule is CC[C@H](O)CNC(=O)c1ccc(S(=O)(=O)N(C)Cc2ccon2)cc1. The van der Waals surface area contributed by atoms with Crippen molar-refractivity contribution in [2.24, 2.45) is 0 Å². The summed E-state index contributed by atoms with van der Waals surface area (Å²) in [4.78, 5) is 12.0. The van der Waals surface area contributed by atoms with Gasteiger partial charge in [0, 0.05) is 25.2 Å².